The first-order valence-electron chi connectivity index (χ1n) is 8.92. The van der Waals surface area contributed by atoms with Crippen molar-refractivity contribution in [2.75, 3.05) is 0 Å². The molecule has 3 aromatic rings. The van der Waals surface area contributed by atoms with E-state index in [0.29, 0.717) is 31.2 Å². The van der Waals surface area contributed by atoms with E-state index in [4.69, 9.17) is 5.14 Å². The number of hydrogen-bond acceptors (Lipinski definition) is 2. The van der Waals surface area contributed by atoms with Crippen LogP contribution in [0.4, 0.5) is 35.1 Å². The summed E-state index contributed by atoms with van der Waals surface area (Å²) in [5.41, 5.74) is -5.64. The van der Waals surface area contributed by atoms with Gasteiger partial charge in [0.1, 0.15) is 0 Å². The average Bonchev–Trinajstić information content (AvgIpc) is 2.67. The molecule has 0 amide bonds. The summed E-state index contributed by atoms with van der Waals surface area (Å²) >= 11 is 0. The summed E-state index contributed by atoms with van der Waals surface area (Å²) in [7, 11) is -4.11. The predicted molar refractivity (Wildman–Crippen MR) is 103 cm³/mol. The normalized spacial score (nSPS) is 12.8. The van der Waals surface area contributed by atoms with E-state index in [1.54, 1.807) is 0 Å². The van der Waals surface area contributed by atoms with E-state index in [2.05, 4.69) is 0 Å². The van der Waals surface area contributed by atoms with Gasteiger partial charge in [-0.3, -0.25) is 0 Å². The van der Waals surface area contributed by atoms with Crippen molar-refractivity contribution in [3.63, 3.8) is 0 Å². The first-order chi connectivity index (χ1) is 15.0. The van der Waals surface area contributed by atoms with Crippen molar-refractivity contribution in [2.45, 2.75) is 24.2 Å². The Kier molecular flexibility index (Phi) is 6.05. The van der Waals surface area contributed by atoms with Gasteiger partial charge in [-0.05, 0) is 71.1 Å². The molecule has 0 radical (unpaired) electrons. The third kappa shape index (κ3) is 5.01. The fourth-order valence-corrected chi connectivity index (χ4v) is 3.82. The van der Waals surface area contributed by atoms with Crippen LogP contribution in [0.2, 0.25) is 0 Å². The molecule has 0 fully saturated rings. The SMILES string of the molecule is Cc1c(C(F)(F)F)cc(-c2cc(F)c(F)cc2-c2ccc(S(N)(=O)=O)cc2)cc1C(F)(F)F. The van der Waals surface area contributed by atoms with Crippen molar-refractivity contribution in [1.82, 2.24) is 0 Å². The molecule has 3 rings (SSSR count). The Morgan fingerprint density at radius 2 is 1.09 bits per heavy atom. The van der Waals surface area contributed by atoms with Crippen molar-refractivity contribution >= 4 is 10.0 Å². The number of halogens is 8. The number of nitrogens with two attached hydrogens (primary N) is 1. The van der Waals surface area contributed by atoms with Gasteiger partial charge in [0.15, 0.2) is 11.6 Å². The molecule has 0 saturated carbocycles. The van der Waals surface area contributed by atoms with Gasteiger partial charge in [0, 0.05) is 0 Å². The van der Waals surface area contributed by atoms with Crippen LogP contribution in [0.1, 0.15) is 16.7 Å². The van der Waals surface area contributed by atoms with Crippen molar-refractivity contribution in [2.24, 2.45) is 5.14 Å². The quantitative estimate of drug-likeness (QED) is 0.434. The van der Waals surface area contributed by atoms with Gasteiger partial charge >= 0.3 is 12.4 Å². The zero-order valence-corrected chi connectivity index (χ0v) is 17.3. The van der Waals surface area contributed by atoms with E-state index in [-0.39, 0.29) is 16.0 Å². The zero-order valence-electron chi connectivity index (χ0n) is 16.4. The molecule has 0 spiro atoms. The molecule has 0 unspecified atom stereocenters. The molecule has 0 bridgehead atoms. The van der Waals surface area contributed by atoms with E-state index in [9.17, 15) is 43.5 Å². The predicted octanol–water partition coefficient (Wildman–Crippen LogP) is 6.29. The summed E-state index contributed by atoms with van der Waals surface area (Å²) < 4.78 is 132. The molecule has 12 heteroatoms. The molecule has 3 nitrogen and oxygen atoms in total. The summed E-state index contributed by atoms with van der Waals surface area (Å²) in [5, 5.41) is 4.99. The van der Waals surface area contributed by atoms with E-state index < -0.39 is 61.8 Å². The van der Waals surface area contributed by atoms with Crippen molar-refractivity contribution in [1.29, 1.82) is 0 Å². The third-order valence-electron chi connectivity index (χ3n) is 4.88. The Morgan fingerprint density at radius 1 is 0.697 bits per heavy atom. The summed E-state index contributed by atoms with van der Waals surface area (Å²) in [6.45, 7) is 0.660. The Labute approximate surface area is 182 Å². The first-order valence-corrected chi connectivity index (χ1v) is 10.5. The lowest BCUT2D eigenvalue weighted by molar-refractivity contribution is -0.143. The largest absolute Gasteiger partial charge is 0.416 e. The molecule has 0 aliphatic heterocycles. The van der Waals surface area contributed by atoms with Gasteiger partial charge in [0.2, 0.25) is 10.0 Å². The monoisotopic (exact) mass is 495 g/mol. The van der Waals surface area contributed by atoms with Gasteiger partial charge in [-0.1, -0.05) is 12.1 Å². The Bertz CT molecular complexity index is 1290. The maximum atomic E-state index is 14.0. The molecule has 0 aliphatic carbocycles. The number of hydrogen-bond donors (Lipinski definition) is 1. The van der Waals surface area contributed by atoms with Crippen LogP contribution in [0, 0.1) is 18.6 Å². The van der Waals surface area contributed by atoms with Crippen LogP contribution >= 0.6 is 0 Å². The second-order valence-electron chi connectivity index (χ2n) is 7.07. The van der Waals surface area contributed by atoms with Gasteiger partial charge in [-0.25, -0.2) is 22.3 Å². The van der Waals surface area contributed by atoms with Gasteiger partial charge in [0.05, 0.1) is 16.0 Å². The van der Waals surface area contributed by atoms with Crippen molar-refractivity contribution in [3.05, 3.63) is 76.9 Å². The maximum absolute atomic E-state index is 14.0. The van der Waals surface area contributed by atoms with Crippen LogP contribution in [0.5, 0.6) is 0 Å². The smallest absolute Gasteiger partial charge is 0.225 e. The van der Waals surface area contributed by atoms with E-state index in [1.807, 2.05) is 0 Å². The number of primary sulfonamides is 1. The molecule has 2 N–H and O–H groups in total. The van der Waals surface area contributed by atoms with E-state index in [0.717, 1.165) is 24.3 Å². The van der Waals surface area contributed by atoms with Crippen LogP contribution in [0.25, 0.3) is 22.3 Å². The van der Waals surface area contributed by atoms with Gasteiger partial charge in [-0.2, -0.15) is 26.3 Å². The molecule has 0 atom stereocenters. The lowest BCUT2D eigenvalue weighted by atomic mass is 9.90. The number of rotatable bonds is 3. The van der Waals surface area contributed by atoms with E-state index in [1.165, 1.54) is 0 Å². The molecular formula is C21H13F8NO2S. The van der Waals surface area contributed by atoms with Gasteiger partial charge in [0.25, 0.3) is 0 Å². The Hall–Kier alpha value is -2.99. The minimum atomic E-state index is -5.16. The van der Waals surface area contributed by atoms with Crippen LogP contribution < -0.4 is 5.14 Å². The van der Waals surface area contributed by atoms with Gasteiger partial charge in [-0.15, -0.1) is 0 Å². The van der Waals surface area contributed by atoms with Crippen molar-refractivity contribution < 1.29 is 43.5 Å². The average molecular weight is 495 g/mol. The number of sulfonamides is 1. The van der Waals surface area contributed by atoms with E-state index >= 15 is 0 Å². The van der Waals surface area contributed by atoms with Crippen LogP contribution in [-0.4, -0.2) is 8.42 Å². The highest BCUT2D eigenvalue weighted by molar-refractivity contribution is 7.89. The number of alkyl halides is 6. The highest BCUT2D eigenvalue weighted by atomic mass is 32.2. The highest BCUT2D eigenvalue weighted by Gasteiger charge is 2.40. The Balaban J connectivity index is 2.35. The fourth-order valence-electron chi connectivity index (χ4n) is 3.31. The summed E-state index contributed by atoms with van der Waals surface area (Å²) in [6.07, 6.45) is -10.3. The molecule has 33 heavy (non-hydrogen) atoms. The third-order valence-corrected chi connectivity index (χ3v) is 5.81. The highest BCUT2D eigenvalue weighted by Crippen LogP contribution is 2.43. The summed E-state index contributed by atoms with van der Waals surface area (Å²) in [4.78, 5) is -0.343. The molecule has 0 aromatic heterocycles. The standard InChI is InChI=1S/C21H13F8NO2S/c1-10-16(20(24,25)26)6-12(7-17(10)21(27,28)29)15-9-19(23)18(22)8-14(15)11-2-4-13(5-3-11)33(30,31)32/h2-9H,1H3,(H2,30,31,32). The second-order valence-corrected chi connectivity index (χ2v) is 8.63. The topological polar surface area (TPSA) is 60.2 Å². The Morgan fingerprint density at radius 3 is 1.45 bits per heavy atom. The fraction of sp³-hybridized carbons (Fsp3) is 0.143. The molecule has 0 saturated heterocycles. The molecular weight excluding hydrogens is 482 g/mol. The first kappa shape index (κ1) is 24.6. The van der Waals surface area contributed by atoms with Gasteiger partial charge < -0.3 is 0 Å². The lowest BCUT2D eigenvalue weighted by Gasteiger charge is -2.20. The molecule has 176 valence electrons. The summed E-state index contributed by atoms with van der Waals surface area (Å²) in [6, 6.07) is 6.14. The molecule has 0 heterocycles. The lowest BCUT2D eigenvalue weighted by Crippen LogP contribution is -2.15. The molecule has 3 aromatic carbocycles. The second kappa shape index (κ2) is 8.10. The van der Waals surface area contributed by atoms with Crippen LogP contribution in [-0.2, 0) is 22.4 Å². The maximum Gasteiger partial charge on any atom is 0.416 e. The number of benzene rings is 3. The van der Waals surface area contributed by atoms with Crippen LogP contribution in [0.15, 0.2) is 53.4 Å². The minimum Gasteiger partial charge on any atom is -0.225 e. The van der Waals surface area contributed by atoms with Crippen LogP contribution in [0.3, 0.4) is 0 Å². The zero-order chi connectivity index (χ0) is 24.9. The molecule has 0 aliphatic rings. The van der Waals surface area contributed by atoms with Crippen molar-refractivity contribution in [3.8, 4) is 22.3 Å². The summed E-state index contributed by atoms with van der Waals surface area (Å²) in [5.74, 6) is -2.92. The minimum absolute atomic E-state index is 0.000933.